The summed E-state index contributed by atoms with van der Waals surface area (Å²) >= 11 is 1.80. The smallest absolute Gasteiger partial charge is 0.212 e. The Morgan fingerprint density at radius 2 is 1.16 bits per heavy atom. The standard InChI is InChI=1S/C38H20N4S/c1-40-29-21-34(23(22-39)20-35(29)41-30-14-6-2-10-24(30)25-11-3-7-15-31(25)41)42-32-16-8-4-13-28(32)37-33(42)19-18-27-26-12-5-9-17-36(26)43-38(27)37/h2-21H. The molecule has 0 N–H and O–H groups in total. The Morgan fingerprint density at radius 3 is 1.84 bits per heavy atom. The first kappa shape index (κ1) is 23.8. The maximum absolute atomic E-state index is 10.6. The second-order valence-electron chi connectivity index (χ2n) is 10.7. The van der Waals surface area contributed by atoms with Crippen molar-refractivity contribution in [2.45, 2.75) is 0 Å². The molecular weight excluding hydrogens is 545 g/mol. The fraction of sp³-hybridized carbons (Fsp3) is 0. The highest BCUT2D eigenvalue weighted by Crippen LogP contribution is 2.44. The van der Waals surface area contributed by atoms with Crippen molar-refractivity contribution >= 4 is 80.8 Å². The Hall–Kier alpha value is -5.88. The Morgan fingerprint density at radius 1 is 0.581 bits per heavy atom. The van der Waals surface area contributed by atoms with Gasteiger partial charge >= 0.3 is 0 Å². The lowest BCUT2D eigenvalue weighted by Gasteiger charge is -2.15. The van der Waals surface area contributed by atoms with Crippen LogP contribution in [-0.2, 0) is 0 Å². The largest absolute Gasteiger partial charge is 0.319 e. The summed E-state index contributed by atoms with van der Waals surface area (Å²) in [5, 5.41) is 17.6. The normalized spacial score (nSPS) is 11.7. The highest BCUT2D eigenvalue weighted by molar-refractivity contribution is 7.26. The second kappa shape index (κ2) is 8.81. The van der Waals surface area contributed by atoms with E-state index in [1.807, 2.05) is 42.5 Å². The van der Waals surface area contributed by atoms with Crippen LogP contribution in [0.1, 0.15) is 5.56 Å². The first-order valence-electron chi connectivity index (χ1n) is 14.0. The summed E-state index contributed by atoms with van der Waals surface area (Å²) in [5.41, 5.74) is 6.49. The van der Waals surface area contributed by atoms with Crippen LogP contribution in [0.25, 0.3) is 80.0 Å². The third-order valence-corrected chi connectivity index (χ3v) is 9.78. The number of fused-ring (bicyclic) bond motifs is 10. The number of rotatable bonds is 2. The maximum atomic E-state index is 10.6. The van der Waals surface area contributed by atoms with Gasteiger partial charge < -0.3 is 9.13 Å². The van der Waals surface area contributed by atoms with Crippen molar-refractivity contribution in [2.75, 3.05) is 0 Å². The number of thiophene rings is 1. The van der Waals surface area contributed by atoms with Crippen LogP contribution in [0, 0.1) is 17.9 Å². The Bertz CT molecular complexity index is 2650. The van der Waals surface area contributed by atoms with Gasteiger partial charge in [-0.05, 0) is 42.5 Å². The second-order valence-corrected chi connectivity index (χ2v) is 11.8. The first-order chi connectivity index (χ1) is 21.3. The third-order valence-electron chi connectivity index (χ3n) is 8.58. The molecule has 43 heavy (non-hydrogen) atoms. The highest BCUT2D eigenvalue weighted by Gasteiger charge is 2.22. The van der Waals surface area contributed by atoms with Gasteiger partial charge in [0.15, 0.2) is 0 Å². The molecule has 0 radical (unpaired) electrons. The van der Waals surface area contributed by atoms with Crippen molar-refractivity contribution in [1.29, 1.82) is 5.26 Å². The van der Waals surface area contributed by atoms with E-state index in [-0.39, 0.29) is 0 Å². The monoisotopic (exact) mass is 564 g/mol. The molecule has 0 aliphatic heterocycles. The molecule has 9 rings (SSSR count). The van der Waals surface area contributed by atoms with Crippen LogP contribution in [0.4, 0.5) is 5.69 Å². The number of hydrogen-bond acceptors (Lipinski definition) is 2. The van der Waals surface area contributed by atoms with Crippen molar-refractivity contribution < 1.29 is 0 Å². The molecule has 0 amide bonds. The molecule has 3 heterocycles. The van der Waals surface area contributed by atoms with Crippen molar-refractivity contribution in [3.8, 4) is 17.4 Å². The molecular formula is C38H20N4S. The molecule has 0 saturated carbocycles. The van der Waals surface area contributed by atoms with Gasteiger partial charge in [-0.2, -0.15) is 5.26 Å². The van der Waals surface area contributed by atoms with Crippen molar-refractivity contribution in [3.05, 3.63) is 138 Å². The molecule has 0 bridgehead atoms. The van der Waals surface area contributed by atoms with Gasteiger partial charge in [-0.25, -0.2) is 4.85 Å². The van der Waals surface area contributed by atoms with Gasteiger partial charge in [0.25, 0.3) is 0 Å². The van der Waals surface area contributed by atoms with Crippen molar-refractivity contribution in [3.63, 3.8) is 0 Å². The minimum absolute atomic E-state index is 0.495. The lowest BCUT2D eigenvalue weighted by atomic mass is 10.1. The zero-order valence-corrected chi connectivity index (χ0v) is 23.6. The van der Waals surface area contributed by atoms with E-state index in [2.05, 4.69) is 98.9 Å². The van der Waals surface area contributed by atoms with Gasteiger partial charge in [0.05, 0.1) is 45.6 Å². The number of aromatic nitrogens is 2. The molecule has 0 fully saturated rings. The number of nitrogens with zero attached hydrogens (tertiary/aromatic N) is 4. The summed E-state index contributed by atoms with van der Waals surface area (Å²) in [4.78, 5) is 4.03. The van der Waals surface area contributed by atoms with Crippen molar-refractivity contribution in [1.82, 2.24) is 9.13 Å². The number of nitriles is 1. The number of para-hydroxylation sites is 3. The van der Waals surface area contributed by atoms with Gasteiger partial charge in [-0.1, -0.05) is 78.9 Å². The Kier molecular flexibility index (Phi) is 4.87. The van der Waals surface area contributed by atoms with Crippen LogP contribution in [-0.4, -0.2) is 9.13 Å². The van der Waals surface area contributed by atoms with Gasteiger partial charge in [0.2, 0.25) is 5.69 Å². The van der Waals surface area contributed by atoms with Crippen LogP contribution in [0.3, 0.4) is 0 Å². The first-order valence-corrected chi connectivity index (χ1v) is 14.9. The number of hydrogen-bond donors (Lipinski definition) is 0. The Balaban J connectivity index is 1.39. The molecule has 4 nitrogen and oxygen atoms in total. The topological polar surface area (TPSA) is 38.0 Å². The van der Waals surface area contributed by atoms with E-state index in [1.165, 1.54) is 25.6 Å². The van der Waals surface area contributed by atoms with E-state index in [1.54, 1.807) is 11.3 Å². The molecule has 0 saturated heterocycles. The number of benzene rings is 6. The van der Waals surface area contributed by atoms with E-state index in [0.717, 1.165) is 38.2 Å². The molecule has 0 unspecified atom stereocenters. The van der Waals surface area contributed by atoms with Crippen molar-refractivity contribution in [2.24, 2.45) is 0 Å². The average Bonchev–Trinajstić information content (AvgIpc) is 3.72. The lowest BCUT2D eigenvalue weighted by Crippen LogP contribution is -2.01. The molecule has 6 aromatic carbocycles. The molecule has 0 aliphatic carbocycles. The fourth-order valence-electron chi connectivity index (χ4n) is 6.79. The zero-order valence-electron chi connectivity index (χ0n) is 22.7. The summed E-state index contributed by atoms with van der Waals surface area (Å²) in [6.45, 7) is 8.27. The predicted octanol–water partition coefficient (Wildman–Crippen LogP) is 10.7. The molecule has 5 heteroatoms. The molecule has 198 valence electrons. The van der Waals surface area contributed by atoms with Crippen LogP contribution in [0.15, 0.2) is 121 Å². The minimum Gasteiger partial charge on any atom is -0.319 e. The van der Waals surface area contributed by atoms with Gasteiger partial charge in [-0.3, -0.25) is 0 Å². The summed E-state index contributed by atoms with van der Waals surface area (Å²) in [6, 6.07) is 44.0. The molecule has 0 aliphatic rings. The maximum Gasteiger partial charge on any atom is 0.212 e. The van der Waals surface area contributed by atoms with Crippen LogP contribution < -0.4 is 0 Å². The van der Waals surface area contributed by atoms with Crippen LogP contribution in [0.2, 0.25) is 0 Å². The van der Waals surface area contributed by atoms with E-state index >= 15 is 0 Å². The summed E-state index contributed by atoms with van der Waals surface area (Å²) in [7, 11) is 0. The molecule has 0 atom stereocenters. The summed E-state index contributed by atoms with van der Waals surface area (Å²) in [5.74, 6) is 0. The molecule has 3 aromatic heterocycles. The Labute approximate surface area is 250 Å². The van der Waals surface area contributed by atoms with Crippen LogP contribution in [0.5, 0.6) is 0 Å². The lowest BCUT2D eigenvalue weighted by molar-refractivity contribution is 1.14. The predicted molar refractivity (Wildman–Crippen MR) is 179 cm³/mol. The van der Waals surface area contributed by atoms with Crippen LogP contribution >= 0.6 is 11.3 Å². The van der Waals surface area contributed by atoms with E-state index in [0.29, 0.717) is 22.6 Å². The minimum atomic E-state index is 0.495. The summed E-state index contributed by atoms with van der Waals surface area (Å²) in [6.07, 6.45) is 0. The van der Waals surface area contributed by atoms with Gasteiger partial charge in [0, 0.05) is 41.7 Å². The molecule has 9 aromatic rings. The highest BCUT2D eigenvalue weighted by atomic mass is 32.1. The summed E-state index contributed by atoms with van der Waals surface area (Å²) < 4.78 is 6.77. The van der Waals surface area contributed by atoms with Gasteiger partial charge in [-0.15, -0.1) is 11.3 Å². The third kappa shape index (κ3) is 3.17. The van der Waals surface area contributed by atoms with E-state index in [9.17, 15) is 5.26 Å². The van der Waals surface area contributed by atoms with E-state index < -0.39 is 0 Å². The van der Waals surface area contributed by atoms with E-state index in [4.69, 9.17) is 6.57 Å². The molecule has 0 spiro atoms. The zero-order chi connectivity index (χ0) is 28.7. The SMILES string of the molecule is [C-]#[N+]c1cc(-n2c3ccccc3c3c4sc5ccccc5c4ccc32)c(C#N)cc1-n1c2ccccc2c2ccccc21. The fourth-order valence-corrected chi connectivity index (χ4v) is 8.04. The van der Waals surface area contributed by atoms with Gasteiger partial charge in [0.1, 0.15) is 6.07 Å². The average molecular weight is 565 g/mol. The quantitative estimate of drug-likeness (QED) is 0.192.